The van der Waals surface area contributed by atoms with E-state index >= 15 is 0 Å². The van der Waals surface area contributed by atoms with Crippen LogP contribution in [0.15, 0.2) is 48.7 Å². The lowest BCUT2D eigenvalue weighted by Gasteiger charge is -2.17. The molecule has 3 N–H and O–H groups in total. The lowest BCUT2D eigenvalue weighted by atomic mass is 10.1. The van der Waals surface area contributed by atoms with Crippen LogP contribution in [0.2, 0.25) is 0 Å². The number of aromatic amines is 1. The number of hydrogen-bond donors (Lipinski definition) is 3. The molecule has 0 aliphatic heterocycles. The third kappa shape index (κ3) is 2.65. The number of aromatic hydroxyl groups is 1. The number of hydrogen-bond acceptors (Lipinski definition) is 3. The van der Waals surface area contributed by atoms with Gasteiger partial charge in [-0.2, -0.15) is 0 Å². The van der Waals surface area contributed by atoms with Gasteiger partial charge in [-0.3, -0.25) is 0 Å². The van der Waals surface area contributed by atoms with Gasteiger partial charge in [0.25, 0.3) is 0 Å². The first kappa shape index (κ1) is 13.4. The number of nitrogens with one attached hydrogen (secondary N) is 2. The molecule has 0 saturated carbocycles. The number of benzene rings is 2. The highest BCUT2D eigenvalue weighted by molar-refractivity contribution is 5.83. The molecule has 3 rings (SSSR count). The molecule has 0 radical (unpaired) electrons. The fourth-order valence-corrected chi connectivity index (χ4v) is 2.44. The van der Waals surface area contributed by atoms with Crippen molar-refractivity contribution in [2.45, 2.75) is 13.0 Å². The number of ether oxygens (including phenoxy) is 1. The van der Waals surface area contributed by atoms with Gasteiger partial charge in [-0.15, -0.1) is 0 Å². The molecule has 0 aliphatic rings. The first-order valence-electron chi connectivity index (χ1n) is 6.88. The number of rotatable bonds is 4. The number of aromatic nitrogens is 1. The SMILES string of the molecule is COc1cc(C(C)Nc2ccc3[nH]ccc3c2)ccc1O. The Labute approximate surface area is 123 Å². The standard InChI is InChI=1S/C17H18N2O2/c1-11(12-3-6-16(20)17(10-12)21-2)19-14-4-5-15-13(9-14)7-8-18-15/h3-11,18-20H,1-2H3. The highest BCUT2D eigenvalue weighted by Gasteiger charge is 2.09. The van der Waals surface area contributed by atoms with Crippen molar-refractivity contribution in [3.05, 3.63) is 54.2 Å². The fourth-order valence-electron chi connectivity index (χ4n) is 2.44. The lowest BCUT2D eigenvalue weighted by molar-refractivity contribution is 0.373. The first-order chi connectivity index (χ1) is 10.2. The Morgan fingerprint density at radius 3 is 2.81 bits per heavy atom. The van der Waals surface area contributed by atoms with Gasteiger partial charge in [0, 0.05) is 28.8 Å². The zero-order valence-corrected chi connectivity index (χ0v) is 12.1. The maximum absolute atomic E-state index is 9.65. The predicted molar refractivity (Wildman–Crippen MR) is 85.0 cm³/mol. The van der Waals surface area contributed by atoms with E-state index in [9.17, 15) is 5.11 Å². The van der Waals surface area contributed by atoms with Crippen LogP contribution in [-0.2, 0) is 0 Å². The summed E-state index contributed by atoms with van der Waals surface area (Å²) in [5.74, 6) is 0.643. The summed E-state index contributed by atoms with van der Waals surface area (Å²) >= 11 is 0. The molecule has 0 spiro atoms. The summed E-state index contributed by atoms with van der Waals surface area (Å²) in [5.41, 5.74) is 3.24. The van der Waals surface area contributed by atoms with Crippen molar-refractivity contribution in [2.24, 2.45) is 0 Å². The third-order valence-corrected chi connectivity index (χ3v) is 3.64. The molecule has 1 unspecified atom stereocenters. The molecule has 1 atom stereocenters. The summed E-state index contributed by atoms with van der Waals surface area (Å²) in [5, 5.41) is 14.3. The Kier molecular flexibility index (Phi) is 3.44. The molecule has 0 amide bonds. The molecular weight excluding hydrogens is 264 g/mol. The molecule has 0 fully saturated rings. The number of phenolic OH excluding ortho intramolecular Hbond substituents is 1. The van der Waals surface area contributed by atoms with Gasteiger partial charge in [-0.05, 0) is 48.9 Å². The normalized spacial score (nSPS) is 12.3. The second kappa shape index (κ2) is 5.40. The number of methoxy groups -OCH3 is 1. The average molecular weight is 282 g/mol. The second-order valence-electron chi connectivity index (χ2n) is 5.08. The summed E-state index contributed by atoms with van der Waals surface area (Å²) in [6, 6.07) is 13.8. The number of phenols is 1. The number of anilines is 1. The zero-order chi connectivity index (χ0) is 14.8. The maximum Gasteiger partial charge on any atom is 0.160 e. The van der Waals surface area contributed by atoms with Crippen LogP contribution in [0.25, 0.3) is 10.9 Å². The minimum Gasteiger partial charge on any atom is -0.504 e. The highest BCUT2D eigenvalue weighted by Crippen LogP contribution is 2.30. The van der Waals surface area contributed by atoms with E-state index in [4.69, 9.17) is 4.74 Å². The van der Waals surface area contributed by atoms with Crippen molar-refractivity contribution in [2.75, 3.05) is 12.4 Å². The Balaban J connectivity index is 1.83. The van der Waals surface area contributed by atoms with Gasteiger partial charge < -0.3 is 20.1 Å². The van der Waals surface area contributed by atoms with Crippen LogP contribution in [0.3, 0.4) is 0 Å². The quantitative estimate of drug-likeness (QED) is 0.676. The molecule has 0 bridgehead atoms. The van der Waals surface area contributed by atoms with Crippen LogP contribution in [0.4, 0.5) is 5.69 Å². The summed E-state index contributed by atoms with van der Waals surface area (Å²) in [6.07, 6.45) is 1.93. The van der Waals surface area contributed by atoms with Crippen molar-refractivity contribution < 1.29 is 9.84 Å². The Morgan fingerprint density at radius 1 is 1.14 bits per heavy atom. The number of H-pyrrole nitrogens is 1. The van der Waals surface area contributed by atoms with E-state index in [1.807, 2.05) is 24.4 Å². The van der Waals surface area contributed by atoms with E-state index in [1.54, 1.807) is 13.2 Å². The average Bonchev–Trinajstić information content (AvgIpc) is 2.95. The van der Waals surface area contributed by atoms with Crippen LogP contribution in [0, 0.1) is 0 Å². The molecular formula is C17H18N2O2. The van der Waals surface area contributed by atoms with Crippen LogP contribution in [-0.4, -0.2) is 17.2 Å². The summed E-state index contributed by atoms with van der Waals surface area (Å²) < 4.78 is 5.15. The van der Waals surface area contributed by atoms with Gasteiger partial charge >= 0.3 is 0 Å². The van der Waals surface area contributed by atoms with Crippen molar-refractivity contribution in [1.29, 1.82) is 0 Å². The van der Waals surface area contributed by atoms with E-state index in [-0.39, 0.29) is 11.8 Å². The van der Waals surface area contributed by atoms with Crippen molar-refractivity contribution in [1.82, 2.24) is 4.98 Å². The molecule has 1 aromatic heterocycles. The molecule has 2 aromatic carbocycles. The second-order valence-corrected chi connectivity index (χ2v) is 5.08. The van der Waals surface area contributed by atoms with Crippen molar-refractivity contribution in [3.63, 3.8) is 0 Å². The monoisotopic (exact) mass is 282 g/mol. The zero-order valence-electron chi connectivity index (χ0n) is 12.1. The Morgan fingerprint density at radius 2 is 2.00 bits per heavy atom. The third-order valence-electron chi connectivity index (χ3n) is 3.64. The lowest BCUT2D eigenvalue weighted by Crippen LogP contribution is -2.06. The van der Waals surface area contributed by atoms with Crippen LogP contribution < -0.4 is 10.1 Å². The molecule has 3 aromatic rings. The molecule has 108 valence electrons. The highest BCUT2D eigenvalue weighted by atomic mass is 16.5. The van der Waals surface area contributed by atoms with Gasteiger partial charge in [0.1, 0.15) is 0 Å². The molecule has 1 heterocycles. The molecule has 4 heteroatoms. The molecule has 21 heavy (non-hydrogen) atoms. The van der Waals surface area contributed by atoms with E-state index in [1.165, 1.54) is 5.39 Å². The number of fused-ring (bicyclic) bond motifs is 1. The molecule has 0 aliphatic carbocycles. The summed E-state index contributed by atoms with van der Waals surface area (Å²) in [6.45, 7) is 2.08. The summed E-state index contributed by atoms with van der Waals surface area (Å²) in [4.78, 5) is 3.18. The maximum atomic E-state index is 9.65. The van der Waals surface area contributed by atoms with Crippen molar-refractivity contribution in [3.8, 4) is 11.5 Å². The van der Waals surface area contributed by atoms with Gasteiger partial charge in [-0.1, -0.05) is 6.07 Å². The topological polar surface area (TPSA) is 57.3 Å². The van der Waals surface area contributed by atoms with Crippen LogP contribution in [0.5, 0.6) is 11.5 Å². The first-order valence-corrected chi connectivity index (χ1v) is 6.88. The minimum atomic E-state index is 0.107. The van der Waals surface area contributed by atoms with Gasteiger partial charge in [0.2, 0.25) is 0 Å². The minimum absolute atomic E-state index is 0.107. The molecule has 0 saturated heterocycles. The van der Waals surface area contributed by atoms with Gasteiger partial charge in [0.15, 0.2) is 11.5 Å². The van der Waals surface area contributed by atoms with E-state index in [2.05, 4.69) is 35.4 Å². The van der Waals surface area contributed by atoms with Gasteiger partial charge in [-0.25, -0.2) is 0 Å². The molecule has 4 nitrogen and oxygen atoms in total. The van der Waals surface area contributed by atoms with Gasteiger partial charge in [0.05, 0.1) is 7.11 Å². The van der Waals surface area contributed by atoms with Crippen molar-refractivity contribution >= 4 is 16.6 Å². The van der Waals surface area contributed by atoms with E-state index in [0.717, 1.165) is 16.8 Å². The predicted octanol–water partition coefficient (Wildman–Crippen LogP) is 4.06. The van der Waals surface area contributed by atoms with Crippen LogP contribution >= 0.6 is 0 Å². The fraction of sp³-hybridized carbons (Fsp3) is 0.176. The van der Waals surface area contributed by atoms with E-state index in [0.29, 0.717) is 5.75 Å². The Hall–Kier alpha value is -2.62. The van der Waals surface area contributed by atoms with Crippen LogP contribution in [0.1, 0.15) is 18.5 Å². The Bertz CT molecular complexity index is 764. The summed E-state index contributed by atoms with van der Waals surface area (Å²) in [7, 11) is 1.55. The van der Waals surface area contributed by atoms with E-state index < -0.39 is 0 Å². The smallest absolute Gasteiger partial charge is 0.160 e. The largest absolute Gasteiger partial charge is 0.504 e.